The van der Waals surface area contributed by atoms with Crippen LogP contribution in [0.3, 0.4) is 0 Å². The maximum Gasteiger partial charge on any atom is 0.257 e. The maximum atomic E-state index is 12.8. The standard InChI is InChI=1S/C23H20N2O4S/c1-14-3-8-22(24-12-14)25-23(26)15-9-20(28-16-4-6-18(30)7-5-16)19-11-17(13-27-2)29-21(19)10-15/h3-12,30H,13H2,1-2H3,(H,24,25,26). The summed E-state index contributed by atoms with van der Waals surface area (Å²) in [5, 5.41) is 3.55. The number of pyridine rings is 1. The fraction of sp³-hybridized carbons (Fsp3) is 0.130. The van der Waals surface area contributed by atoms with Crippen LogP contribution in [0.1, 0.15) is 21.7 Å². The van der Waals surface area contributed by atoms with Crippen molar-refractivity contribution < 1.29 is 18.7 Å². The van der Waals surface area contributed by atoms with Gasteiger partial charge in [0, 0.05) is 23.8 Å². The number of carbonyl (C=O) groups excluding carboxylic acids is 1. The van der Waals surface area contributed by atoms with Crippen molar-refractivity contribution in [1.29, 1.82) is 0 Å². The van der Waals surface area contributed by atoms with Crippen LogP contribution in [0.4, 0.5) is 5.82 Å². The molecule has 2 heterocycles. The second-order valence-electron chi connectivity index (χ2n) is 6.80. The van der Waals surface area contributed by atoms with Crippen molar-refractivity contribution in [1.82, 2.24) is 4.98 Å². The van der Waals surface area contributed by atoms with Crippen molar-refractivity contribution in [2.75, 3.05) is 12.4 Å². The highest BCUT2D eigenvalue weighted by molar-refractivity contribution is 7.80. The van der Waals surface area contributed by atoms with Gasteiger partial charge in [0.25, 0.3) is 5.91 Å². The van der Waals surface area contributed by atoms with Gasteiger partial charge in [-0.05, 0) is 61.0 Å². The average molecular weight is 420 g/mol. The summed E-state index contributed by atoms with van der Waals surface area (Å²) in [6, 6.07) is 16.2. The lowest BCUT2D eigenvalue weighted by Gasteiger charge is -2.10. The van der Waals surface area contributed by atoms with Crippen LogP contribution in [-0.4, -0.2) is 18.0 Å². The van der Waals surface area contributed by atoms with E-state index in [0.717, 1.165) is 15.8 Å². The molecule has 1 N–H and O–H groups in total. The Balaban J connectivity index is 1.71. The van der Waals surface area contributed by atoms with Gasteiger partial charge >= 0.3 is 0 Å². The molecule has 0 aliphatic rings. The molecule has 152 valence electrons. The van der Waals surface area contributed by atoms with Crippen molar-refractivity contribution in [3.63, 3.8) is 0 Å². The van der Waals surface area contributed by atoms with Crippen LogP contribution < -0.4 is 10.1 Å². The lowest BCUT2D eigenvalue weighted by molar-refractivity contribution is 0.102. The number of benzene rings is 2. The predicted octanol–water partition coefficient (Wildman–Crippen LogP) is 5.62. The molecule has 0 atom stereocenters. The van der Waals surface area contributed by atoms with E-state index in [4.69, 9.17) is 13.9 Å². The average Bonchev–Trinajstić information content (AvgIpc) is 3.14. The molecule has 0 spiro atoms. The van der Waals surface area contributed by atoms with Crippen molar-refractivity contribution in [3.8, 4) is 11.5 Å². The Morgan fingerprint density at radius 3 is 2.63 bits per heavy atom. The molecule has 2 aromatic heterocycles. The van der Waals surface area contributed by atoms with E-state index >= 15 is 0 Å². The first kappa shape index (κ1) is 20.0. The number of thiol groups is 1. The van der Waals surface area contributed by atoms with Crippen molar-refractivity contribution in [2.45, 2.75) is 18.4 Å². The molecular formula is C23H20N2O4S. The van der Waals surface area contributed by atoms with Crippen molar-refractivity contribution in [2.24, 2.45) is 0 Å². The number of hydrogen-bond donors (Lipinski definition) is 2. The SMILES string of the molecule is COCc1cc2c(Oc3ccc(S)cc3)cc(C(=O)Nc3ccc(C)cn3)cc2o1. The Bertz CT molecular complexity index is 1180. The topological polar surface area (TPSA) is 73.6 Å². The predicted molar refractivity (Wildman–Crippen MR) is 118 cm³/mol. The summed E-state index contributed by atoms with van der Waals surface area (Å²) in [6.45, 7) is 2.25. The van der Waals surface area contributed by atoms with Gasteiger partial charge in [0.05, 0.1) is 5.39 Å². The molecule has 6 nitrogen and oxygen atoms in total. The summed E-state index contributed by atoms with van der Waals surface area (Å²) in [4.78, 5) is 17.9. The quantitative estimate of drug-likeness (QED) is 0.396. The molecule has 0 bridgehead atoms. The first-order valence-electron chi connectivity index (χ1n) is 9.28. The summed E-state index contributed by atoms with van der Waals surface area (Å²) in [5.41, 5.74) is 1.94. The first-order chi connectivity index (χ1) is 14.5. The van der Waals surface area contributed by atoms with Crippen molar-refractivity contribution >= 4 is 35.3 Å². The number of aromatic nitrogens is 1. The maximum absolute atomic E-state index is 12.8. The number of nitrogens with one attached hydrogen (secondary N) is 1. The molecule has 0 fully saturated rings. The highest BCUT2D eigenvalue weighted by atomic mass is 32.1. The third-order valence-electron chi connectivity index (χ3n) is 4.42. The van der Waals surface area contributed by atoms with Gasteiger partial charge in [0.15, 0.2) is 0 Å². The van der Waals surface area contributed by atoms with Crippen LogP contribution in [-0.2, 0) is 11.3 Å². The van der Waals surface area contributed by atoms with Gasteiger partial charge in [0.2, 0.25) is 0 Å². The molecule has 1 amide bonds. The Kier molecular flexibility index (Phi) is 5.74. The molecule has 0 saturated heterocycles. The van der Waals surface area contributed by atoms with Gasteiger partial charge in [0.1, 0.15) is 35.3 Å². The van der Waals surface area contributed by atoms with Gasteiger partial charge in [-0.3, -0.25) is 4.79 Å². The van der Waals surface area contributed by atoms with Crippen LogP contribution >= 0.6 is 12.6 Å². The first-order valence-corrected chi connectivity index (χ1v) is 9.73. The van der Waals surface area contributed by atoms with E-state index in [1.54, 1.807) is 31.5 Å². The Morgan fingerprint density at radius 2 is 1.93 bits per heavy atom. The van der Waals surface area contributed by atoms with Crippen LogP contribution in [0.2, 0.25) is 0 Å². The number of aryl methyl sites for hydroxylation is 1. The van der Waals surface area contributed by atoms with E-state index in [1.165, 1.54) is 0 Å². The van der Waals surface area contributed by atoms with E-state index in [1.807, 2.05) is 43.3 Å². The monoisotopic (exact) mass is 420 g/mol. The zero-order valence-corrected chi connectivity index (χ0v) is 17.4. The normalized spacial score (nSPS) is 10.9. The molecule has 0 aliphatic carbocycles. The highest BCUT2D eigenvalue weighted by Gasteiger charge is 2.16. The Labute approximate surface area is 179 Å². The number of rotatable bonds is 6. The molecule has 0 unspecified atom stereocenters. The minimum atomic E-state index is -0.312. The number of methoxy groups -OCH3 is 1. The number of carbonyl (C=O) groups is 1. The number of hydrogen-bond acceptors (Lipinski definition) is 6. The zero-order valence-electron chi connectivity index (χ0n) is 16.5. The number of amides is 1. The van der Waals surface area contributed by atoms with E-state index in [-0.39, 0.29) is 5.91 Å². The highest BCUT2D eigenvalue weighted by Crippen LogP contribution is 2.34. The lowest BCUT2D eigenvalue weighted by atomic mass is 10.1. The molecule has 0 radical (unpaired) electrons. The number of ether oxygens (including phenoxy) is 2. The third-order valence-corrected chi connectivity index (χ3v) is 4.71. The fourth-order valence-corrected chi connectivity index (χ4v) is 3.11. The van der Waals surface area contributed by atoms with E-state index in [0.29, 0.717) is 40.8 Å². The molecule has 30 heavy (non-hydrogen) atoms. The largest absolute Gasteiger partial charge is 0.458 e. The summed E-state index contributed by atoms with van der Waals surface area (Å²) in [7, 11) is 1.59. The lowest BCUT2D eigenvalue weighted by Crippen LogP contribution is -2.13. The molecule has 4 rings (SSSR count). The number of nitrogens with zero attached hydrogens (tertiary/aromatic N) is 1. The molecule has 0 saturated carbocycles. The third kappa shape index (κ3) is 4.48. The molecule has 0 aliphatic heterocycles. The molecule has 2 aromatic carbocycles. The number of fused-ring (bicyclic) bond motifs is 1. The Hall–Kier alpha value is -3.29. The smallest absolute Gasteiger partial charge is 0.257 e. The summed E-state index contributed by atoms with van der Waals surface area (Å²) >= 11 is 4.30. The Morgan fingerprint density at radius 1 is 1.13 bits per heavy atom. The summed E-state index contributed by atoms with van der Waals surface area (Å²) < 4.78 is 17.1. The van der Waals surface area contributed by atoms with Crippen LogP contribution in [0.5, 0.6) is 11.5 Å². The van der Waals surface area contributed by atoms with Crippen LogP contribution in [0, 0.1) is 6.92 Å². The zero-order chi connectivity index (χ0) is 21.1. The minimum Gasteiger partial charge on any atom is -0.458 e. The number of anilines is 1. The second kappa shape index (κ2) is 8.61. The molecular weight excluding hydrogens is 400 g/mol. The number of furan rings is 1. The minimum absolute atomic E-state index is 0.312. The molecule has 7 heteroatoms. The van der Waals surface area contributed by atoms with Crippen LogP contribution in [0.25, 0.3) is 11.0 Å². The van der Waals surface area contributed by atoms with Gasteiger partial charge in [-0.2, -0.15) is 0 Å². The second-order valence-corrected chi connectivity index (χ2v) is 7.32. The fourth-order valence-electron chi connectivity index (χ4n) is 2.96. The van der Waals surface area contributed by atoms with Crippen molar-refractivity contribution in [3.05, 3.63) is 77.7 Å². The van der Waals surface area contributed by atoms with E-state index in [2.05, 4.69) is 22.9 Å². The van der Waals surface area contributed by atoms with Gasteiger partial charge in [-0.25, -0.2) is 4.98 Å². The van der Waals surface area contributed by atoms with E-state index in [9.17, 15) is 4.79 Å². The van der Waals surface area contributed by atoms with E-state index < -0.39 is 0 Å². The summed E-state index contributed by atoms with van der Waals surface area (Å²) in [5.74, 6) is 1.93. The van der Waals surface area contributed by atoms with Gasteiger partial charge < -0.3 is 19.2 Å². The molecule has 4 aromatic rings. The van der Waals surface area contributed by atoms with Gasteiger partial charge in [-0.15, -0.1) is 12.6 Å². The van der Waals surface area contributed by atoms with Crippen LogP contribution in [0.15, 0.2) is 70.1 Å². The van der Waals surface area contributed by atoms with Gasteiger partial charge in [-0.1, -0.05) is 6.07 Å². The summed E-state index contributed by atoms with van der Waals surface area (Å²) in [6.07, 6.45) is 1.70.